The molecule has 0 aliphatic rings. The monoisotopic (exact) mass is 778 g/mol. The van der Waals surface area contributed by atoms with Gasteiger partial charge in [-0.3, -0.25) is 14.4 Å². The molecule has 0 bridgehead atoms. The fraction of sp³-hybridized carbons (Fsp3) is 0.429. The summed E-state index contributed by atoms with van der Waals surface area (Å²) in [4.78, 5) is 38.9. The zero-order valence-electron chi connectivity index (χ0n) is 31.8. The van der Waals surface area contributed by atoms with E-state index in [0.717, 1.165) is 44.1 Å². The highest BCUT2D eigenvalue weighted by atomic mass is 33.1. The second-order valence-electron chi connectivity index (χ2n) is 12.7. The van der Waals surface area contributed by atoms with Gasteiger partial charge in [-0.15, -0.1) is 0 Å². The van der Waals surface area contributed by atoms with Crippen molar-refractivity contribution in [3.63, 3.8) is 0 Å². The molecule has 3 amide bonds. The van der Waals surface area contributed by atoms with Crippen molar-refractivity contribution in [3.05, 3.63) is 115 Å². The number of rotatable bonds is 27. The van der Waals surface area contributed by atoms with Crippen LogP contribution in [0.3, 0.4) is 0 Å². The highest BCUT2D eigenvalue weighted by Gasteiger charge is 2.39. The molecule has 1 atom stereocenters. The Morgan fingerprint density at radius 3 is 1.93 bits per heavy atom. The highest BCUT2D eigenvalue weighted by molar-refractivity contribution is 8.77. The van der Waals surface area contributed by atoms with E-state index in [1.54, 1.807) is 0 Å². The van der Waals surface area contributed by atoms with Crippen molar-refractivity contribution in [2.45, 2.75) is 89.0 Å². The van der Waals surface area contributed by atoms with Crippen molar-refractivity contribution in [2.24, 2.45) is 0 Å². The van der Waals surface area contributed by atoms with Crippen LogP contribution in [0, 0.1) is 0 Å². The molecule has 1 aromatic heterocycles. The lowest BCUT2D eigenvalue weighted by Gasteiger charge is -2.33. The molecule has 10 nitrogen and oxygen atoms in total. The van der Waals surface area contributed by atoms with Crippen LogP contribution in [-0.2, 0) is 9.59 Å². The van der Waals surface area contributed by atoms with Gasteiger partial charge < -0.3 is 30.7 Å². The van der Waals surface area contributed by atoms with Crippen LogP contribution in [0.15, 0.2) is 114 Å². The highest BCUT2D eigenvalue weighted by Crippen LogP contribution is 2.38. The zero-order valence-corrected chi connectivity index (χ0v) is 33.5. The van der Waals surface area contributed by atoms with Crippen LogP contribution in [0.2, 0.25) is 0 Å². The smallest absolute Gasteiger partial charge is 0.274 e. The van der Waals surface area contributed by atoms with E-state index in [1.807, 2.05) is 50.3 Å². The first-order chi connectivity index (χ1) is 26.2. The standard InChI is InChI=1S/C42H58N4O6S2/c1-4-5-6-7-8-9-10-11-12-13-14-15-16-17-18-19-20-21-25-28-38(49)43-29-30-53-54-42(2,3)39(41(51)44-35(32-47)33-48)45-40(50)36-31-37(52-46-36)34-26-23-22-24-27-34/h5-6,8-9,11-12,14-15,17-18,20-24,26-27,31,35,39,47-48H,4,7,10,13,16,19,25,28-30,32-33H2,1-3H3,(H,43,49)(H,44,51)(H,45,50)/b6-5-,9-8-,12-11-,15-14-,18-17-,21-20-/t39-/m1/s1. The molecule has 1 aromatic carbocycles. The third-order valence-corrected chi connectivity index (χ3v) is 11.0. The van der Waals surface area contributed by atoms with Crippen molar-refractivity contribution in [2.75, 3.05) is 25.5 Å². The van der Waals surface area contributed by atoms with E-state index in [4.69, 9.17) is 4.52 Å². The molecule has 0 radical (unpaired) electrons. The van der Waals surface area contributed by atoms with Gasteiger partial charge in [0.25, 0.3) is 5.91 Å². The number of nitrogens with zero attached hydrogens (tertiary/aromatic N) is 1. The van der Waals surface area contributed by atoms with E-state index in [2.05, 4.69) is 94.9 Å². The van der Waals surface area contributed by atoms with Crippen molar-refractivity contribution in [1.82, 2.24) is 21.1 Å². The largest absolute Gasteiger partial charge is 0.394 e. The molecule has 0 saturated carbocycles. The van der Waals surface area contributed by atoms with Gasteiger partial charge in [-0.25, -0.2) is 0 Å². The Hall–Kier alpha value is -4.10. The summed E-state index contributed by atoms with van der Waals surface area (Å²) in [5, 5.41) is 31.2. The van der Waals surface area contributed by atoms with Crippen LogP contribution in [0.5, 0.6) is 0 Å². The Morgan fingerprint density at radius 1 is 0.815 bits per heavy atom. The van der Waals surface area contributed by atoms with Crippen LogP contribution in [-0.4, -0.2) is 75.4 Å². The Labute approximate surface area is 329 Å². The molecule has 294 valence electrons. The first-order valence-electron chi connectivity index (χ1n) is 18.5. The normalized spacial score (nSPS) is 13.1. The Bertz CT molecular complexity index is 1540. The van der Waals surface area contributed by atoms with Crippen LogP contribution in [0.4, 0.5) is 0 Å². The second kappa shape index (κ2) is 28.4. The maximum Gasteiger partial charge on any atom is 0.274 e. The molecule has 5 N–H and O–H groups in total. The fourth-order valence-electron chi connectivity index (χ4n) is 4.73. The van der Waals surface area contributed by atoms with E-state index in [-0.39, 0.29) is 11.6 Å². The number of aliphatic hydroxyl groups excluding tert-OH is 2. The molecule has 0 saturated heterocycles. The molecule has 0 unspecified atom stereocenters. The van der Waals surface area contributed by atoms with Crippen LogP contribution in [0.25, 0.3) is 11.3 Å². The molecule has 0 aliphatic heterocycles. The summed E-state index contributed by atoms with van der Waals surface area (Å²) in [7, 11) is 2.84. The number of carbonyl (C=O) groups excluding carboxylic acids is 3. The van der Waals surface area contributed by atoms with Gasteiger partial charge in [0.2, 0.25) is 11.8 Å². The third-order valence-electron chi connectivity index (χ3n) is 7.74. The lowest BCUT2D eigenvalue weighted by Crippen LogP contribution is -2.58. The molecule has 0 spiro atoms. The molecule has 0 aliphatic carbocycles. The zero-order chi connectivity index (χ0) is 39.3. The number of hydrogen-bond acceptors (Lipinski definition) is 9. The minimum absolute atomic E-state index is 0.00713. The fourth-order valence-corrected chi connectivity index (χ4v) is 7.27. The van der Waals surface area contributed by atoms with E-state index >= 15 is 0 Å². The average molecular weight is 779 g/mol. The average Bonchev–Trinajstić information content (AvgIpc) is 3.68. The number of amides is 3. The topological polar surface area (TPSA) is 154 Å². The number of carbonyl (C=O) groups is 3. The number of aliphatic hydroxyl groups is 2. The number of benzene rings is 1. The molecule has 2 rings (SSSR count). The maximum absolute atomic E-state index is 13.3. The number of aromatic nitrogens is 1. The number of allylic oxidation sites excluding steroid dienone is 12. The van der Waals surface area contributed by atoms with E-state index in [0.29, 0.717) is 30.9 Å². The van der Waals surface area contributed by atoms with Crippen molar-refractivity contribution >= 4 is 39.3 Å². The van der Waals surface area contributed by atoms with Gasteiger partial charge in [-0.05, 0) is 58.8 Å². The minimum Gasteiger partial charge on any atom is -0.394 e. The Morgan fingerprint density at radius 2 is 1.37 bits per heavy atom. The minimum atomic E-state index is -1.06. The van der Waals surface area contributed by atoms with Crippen molar-refractivity contribution in [1.29, 1.82) is 0 Å². The summed E-state index contributed by atoms with van der Waals surface area (Å²) in [5.41, 5.74) is 0.757. The van der Waals surface area contributed by atoms with Gasteiger partial charge in [0.1, 0.15) is 6.04 Å². The predicted molar refractivity (Wildman–Crippen MR) is 224 cm³/mol. The molecule has 1 heterocycles. The summed E-state index contributed by atoms with van der Waals surface area (Å²) in [6.07, 6.45) is 32.6. The van der Waals surface area contributed by atoms with E-state index < -0.39 is 41.9 Å². The van der Waals surface area contributed by atoms with Gasteiger partial charge in [0.05, 0.1) is 19.3 Å². The lowest BCUT2D eigenvalue weighted by atomic mass is 10.0. The van der Waals surface area contributed by atoms with Gasteiger partial charge in [0, 0.05) is 35.1 Å². The number of nitrogens with one attached hydrogen (secondary N) is 3. The van der Waals surface area contributed by atoms with Gasteiger partial charge in [-0.2, -0.15) is 0 Å². The van der Waals surface area contributed by atoms with Crippen LogP contribution >= 0.6 is 21.6 Å². The number of hydrogen-bond donors (Lipinski definition) is 5. The van der Waals surface area contributed by atoms with Gasteiger partial charge in [0.15, 0.2) is 11.5 Å². The summed E-state index contributed by atoms with van der Waals surface area (Å²) >= 11 is 0. The third kappa shape index (κ3) is 19.8. The van der Waals surface area contributed by atoms with Gasteiger partial charge in [-0.1, -0.05) is 137 Å². The Kier molecular flexibility index (Phi) is 24.2. The van der Waals surface area contributed by atoms with E-state index in [9.17, 15) is 24.6 Å². The molecular formula is C42H58N4O6S2. The SMILES string of the molecule is CC/C=C\C/C=C\C/C=C\C/C=C\C/C=C\C/C=C\CCC(=O)NCCSSC(C)(C)[C@H](NC(=O)c1cc(-c2ccccc2)on1)C(=O)NC(CO)CO. The van der Waals surface area contributed by atoms with E-state index in [1.165, 1.54) is 27.7 Å². The molecule has 54 heavy (non-hydrogen) atoms. The summed E-state index contributed by atoms with van der Waals surface area (Å²) in [6.45, 7) is 5.28. The first-order valence-corrected chi connectivity index (χ1v) is 20.9. The quantitative estimate of drug-likeness (QED) is 0.0350. The second-order valence-corrected chi connectivity index (χ2v) is 15.8. The first kappa shape index (κ1) is 46.1. The van der Waals surface area contributed by atoms with Crippen molar-refractivity contribution in [3.8, 4) is 11.3 Å². The summed E-state index contributed by atoms with van der Waals surface area (Å²) in [6, 6.07) is 8.76. The lowest BCUT2D eigenvalue weighted by molar-refractivity contribution is -0.125. The molecule has 12 heteroatoms. The van der Waals surface area contributed by atoms with Crippen LogP contribution in [0.1, 0.15) is 82.6 Å². The Balaban J connectivity index is 1.69. The van der Waals surface area contributed by atoms with Gasteiger partial charge >= 0.3 is 0 Å². The molecule has 0 fully saturated rings. The summed E-state index contributed by atoms with van der Waals surface area (Å²) < 4.78 is 4.52. The molecule has 2 aromatic rings. The van der Waals surface area contributed by atoms with Crippen molar-refractivity contribution < 1.29 is 29.1 Å². The maximum atomic E-state index is 13.3. The van der Waals surface area contributed by atoms with Crippen LogP contribution < -0.4 is 16.0 Å². The predicted octanol–water partition coefficient (Wildman–Crippen LogP) is 7.66. The molecular weight excluding hydrogens is 721 g/mol. The summed E-state index contributed by atoms with van der Waals surface area (Å²) in [5.74, 6) is -0.231.